The molecule has 1 atom stereocenters. The maximum absolute atomic E-state index is 12.4. The van der Waals surface area contributed by atoms with E-state index >= 15 is 0 Å². The molecule has 0 amide bonds. The fourth-order valence-electron chi connectivity index (χ4n) is 3.02. The van der Waals surface area contributed by atoms with Crippen LogP contribution in [0.2, 0.25) is 0 Å². The highest BCUT2D eigenvalue weighted by Crippen LogP contribution is 2.47. The van der Waals surface area contributed by atoms with Crippen LogP contribution in [0.15, 0.2) is 87.5 Å². The van der Waals surface area contributed by atoms with E-state index in [9.17, 15) is 4.79 Å². The Bertz CT molecular complexity index is 953. The van der Waals surface area contributed by atoms with Crippen LogP contribution in [0, 0.1) is 0 Å². The zero-order chi connectivity index (χ0) is 18.6. The van der Waals surface area contributed by atoms with Crippen LogP contribution in [0.1, 0.15) is 30.1 Å². The summed E-state index contributed by atoms with van der Waals surface area (Å²) < 4.78 is 11.5. The molecule has 0 aliphatic carbocycles. The van der Waals surface area contributed by atoms with Crippen LogP contribution in [-0.4, -0.2) is 12.6 Å². The number of benzene rings is 3. The average molecular weight is 377 g/mol. The largest absolute Gasteiger partial charge is 0.462 e. The highest BCUT2D eigenvalue weighted by Gasteiger charge is 2.39. The van der Waals surface area contributed by atoms with Gasteiger partial charge in [-0.3, -0.25) is 0 Å². The maximum Gasteiger partial charge on any atom is 0.338 e. The number of rotatable bonds is 5. The van der Waals surface area contributed by atoms with Gasteiger partial charge in [-0.2, -0.15) is 0 Å². The fraction of sp³-hybridized carbons (Fsp3) is 0.174. The van der Waals surface area contributed by atoms with E-state index in [2.05, 4.69) is 25.1 Å². The Morgan fingerprint density at radius 3 is 2.48 bits per heavy atom. The predicted molar refractivity (Wildman–Crippen MR) is 107 cm³/mol. The van der Waals surface area contributed by atoms with Crippen LogP contribution in [0.5, 0.6) is 11.5 Å². The van der Waals surface area contributed by atoms with Gasteiger partial charge >= 0.3 is 5.97 Å². The molecule has 0 fully saturated rings. The van der Waals surface area contributed by atoms with Crippen LogP contribution in [0.3, 0.4) is 0 Å². The fourth-order valence-corrected chi connectivity index (χ4v) is 5.28. The van der Waals surface area contributed by atoms with Crippen molar-refractivity contribution in [3.63, 3.8) is 0 Å². The molecule has 27 heavy (non-hydrogen) atoms. The summed E-state index contributed by atoms with van der Waals surface area (Å²) in [6.07, 6.45) is 1.88. The summed E-state index contributed by atoms with van der Waals surface area (Å²) in [6, 6.07) is 24.0. The number of para-hydroxylation sites is 1. The van der Waals surface area contributed by atoms with Gasteiger partial charge in [0, 0.05) is 6.07 Å². The molecule has 0 saturated heterocycles. The summed E-state index contributed by atoms with van der Waals surface area (Å²) in [4.78, 5) is 15.8. The lowest BCUT2D eigenvalue weighted by atomic mass is 10.2. The number of fused-ring (bicyclic) bond motifs is 2. The highest BCUT2D eigenvalue weighted by atomic mass is 32.2. The first-order valence-electron chi connectivity index (χ1n) is 9.15. The molecule has 0 N–H and O–H groups in total. The van der Waals surface area contributed by atoms with Crippen molar-refractivity contribution >= 4 is 16.9 Å². The molecule has 3 aromatic rings. The maximum atomic E-state index is 12.4. The second-order valence-corrected chi connectivity index (χ2v) is 8.28. The van der Waals surface area contributed by atoms with Gasteiger partial charge in [-0.25, -0.2) is 4.79 Å². The summed E-state index contributed by atoms with van der Waals surface area (Å²) in [5.41, 5.74) is 0.571. The number of hydrogen-bond acceptors (Lipinski definition) is 3. The second kappa shape index (κ2) is 7.89. The first-order chi connectivity index (χ1) is 13.3. The highest BCUT2D eigenvalue weighted by molar-refractivity contribution is 7.97. The lowest BCUT2D eigenvalue weighted by Crippen LogP contribution is -2.14. The minimum atomic E-state index is -0.325. The van der Waals surface area contributed by atoms with E-state index in [-0.39, 0.29) is 16.9 Å². The van der Waals surface area contributed by atoms with Gasteiger partial charge in [0.15, 0.2) is 16.4 Å². The molecule has 136 valence electrons. The average Bonchev–Trinajstić information content (AvgIpc) is 2.72. The number of unbranched alkanes of at least 4 members (excludes halogenated alkanes) is 1. The Kier molecular flexibility index (Phi) is 5.16. The Hall–Kier alpha value is -2.72. The molecule has 4 heteroatoms. The molecule has 0 radical (unpaired) electrons. The van der Waals surface area contributed by atoms with Gasteiger partial charge in [0.25, 0.3) is 0 Å². The van der Waals surface area contributed by atoms with E-state index in [1.807, 2.05) is 48.5 Å². The summed E-state index contributed by atoms with van der Waals surface area (Å²) in [7, 11) is -0.325. The van der Waals surface area contributed by atoms with E-state index < -0.39 is 0 Å². The number of hydrogen-bond donors (Lipinski definition) is 0. The molecule has 0 saturated carbocycles. The molecule has 1 unspecified atom stereocenters. The SMILES string of the molecule is CCCCOC(=O)c1ccc2c(c1)[S+](c1ccccc1)c1ccccc1O2. The Labute approximate surface area is 162 Å². The standard InChI is InChI=1S/C23H21O3S/c1-2-3-15-25-23(24)17-13-14-20-22(16-17)27(18-9-5-4-6-10-18)21-12-8-7-11-19(21)26-20/h4-14,16H,2-3,15H2,1H3/q+1. The third kappa shape index (κ3) is 3.58. The minimum absolute atomic E-state index is 0.276. The van der Waals surface area contributed by atoms with E-state index in [0.717, 1.165) is 34.1 Å². The minimum Gasteiger partial charge on any atom is -0.462 e. The zero-order valence-electron chi connectivity index (χ0n) is 15.2. The normalized spacial score (nSPS) is 14.6. The van der Waals surface area contributed by atoms with Gasteiger partial charge in [-0.15, -0.1) is 0 Å². The van der Waals surface area contributed by atoms with Crippen molar-refractivity contribution in [3.05, 3.63) is 78.4 Å². The van der Waals surface area contributed by atoms with Gasteiger partial charge in [0.05, 0.1) is 12.2 Å². The molecule has 3 nitrogen and oxygen atoms in total. The van der Waals surface area contributed by atoms with Crippen molar-refractivity contribution in [1.82, 2.24) is 0 Å². The Balaban J connectivity index is 1.76. The smallest absolute Gasteiger partial charge is 0.338 e. The van der Waals surface area contributed by atoms with Gasteiger partial charge < -0.3 is 9.47 Å². The van der Waals surface area contributed by atoms with E-state index in [1.54, 1.807) is 6.07 Å². The van der Waals surface area contributed by atoms with Crippen molar-refractivity contribution in [3.8, 4) is 11.5 Å². The third-order valence-electron chi connectivity index (χ3n) is 4.40. The quantitative estimate of drug-likeness (QED) is 0.249. The predicted octanol–water partition coefficient (Wildman–Crippen LogP) is 5.84. The number of carbonyl (C=O) groups excluding carboxylic acids is 1. The van der Waals surface area contributed by atoms with Crippen LogP contribution in [0.25, 0.3) is 0 Å². The van der Waals surface area contributed by atoms with E-state index in [1.165, 1.54) is 4.90 Å². The summed E-state index contributed by atoms with van der Waals surface area (Å²) in [5.74, 6) is 1.39. The second-order valence-electron chi connectivity index (χ2n) is 6.32. The van der Waals surface area contributed by atoms with E-state index in [0.29, 0.717) is 12.2 Å². The number of esters is 1. The van der Waals surface area contributed by atoms with E-state index in [4.69, 9.17) is 9.47 Å². The van der Waals surface area contributed by atoms with Gasteiger partial charge in [0.1, 0.15) is 10.9 Å². The van der Waals surface area contributed by atoms with Crippen molar-refractivity contribution in [2.75, 3.05) is 6.61 Å². The first kappa shape index (κ1) is 17.7. The van der Waals surface area contributed by atoms with Gasteiger partial charge in [0.2, 0.25) is 9.79 Å². The Morgan fingerprint density at radius 2 is 1.67 bits per heavy atom. The van der Waals surface area contributed by atoms with Gasteiger partial charge in [-0.05, 0) is 42.8 Å². The number of carbonyl (C=O) groups is 1. The summed E-state index contributed by atoms with van der Waals surface area (Å²) in [5, 5.41) is 0. The molecular formula is C23H21O3S+. The van der Waals surface area contributed by atoms with Crippen molar-refractivity contribution < 1.29 is 14.3 Å². The topological polar surface area (TPSA) is 35.5 Å². The molecular weight excluding hydrogens is 356 g/mol. The molecule has 1 heterocycles. The summed E-state index contributed by atoms with van der Waals surface area (Å²) in [6.45, 7) is 2.53. The molecule has 4 rings (SSSR count). The summed E-state index contributed by atoms with van der Waals surface area (Å²) >= 11 is 0. The zero-order valence-corrected chi connectivity index (χ0v) is 16.0. The molecule has 0 spiro atoms. The Morgan fingerprint density at radius 1 is 0.926 bits per heavy atom. The van der Waals surface area contributed by atoms with Crippen LogP contribution in [-0.2, 0) is 15.6 Å². The third-order valence-corrected chi connectivity index (χ3v) is 6.68. The molecule has 1 aliphatic rings. The lowest BCUT2D eigenvalue weighted by molar-refractivity contribution is 0.0499. The molecule has 3 aromatic carbocycles. The molecule has 0 bridgehead atoms. The van der Waals surface area contributed by atoms with Crippen molar-refractivity contribution in [1.29, 1.82) is 0 Å². The lowest BCUT2D eigenvalue weighted by Gasteiger charge is -2.20. The molecule has 0 aromatic heterocycles. The van der Waals surface area contributed by atoms with Crippen LogP contribution >= 0.6 is 0 Å². The molecule has 1 aliphatic heterocycles. The van der Waals surface area contributed by atoms with Gasteiger partial charge in [-0.1, -0.05) is 43.7 Å². The monoisotopic (exact) mass is 377 g/mol. The van der Waals surface area contributed by atoms with Crippen molar-refractivity contribution in [2.24, 2.45) is 0 Å². The van der Waals surface area contributed by atoms with Crippen LogP contribution < -0.4 is 4.74 Å². The van der Waals surface area contributed by atoms with Crippen molar-refractivity contribution in [2.45, 2.75) is 34.5 Å². The first-order valence-corrected chi connectivity index (χ1v) is 10.4. The number of ether oxygens (including phenoxy) is 2. The van der Waals surface area contributed by atoms with Crippen LogP contribution in [0.4, 0.5) is 0 Å².